The number of rotatable bonds is 2. The van der Waals surface area contributed by atoms with Crippen molar-refractivity contribution in [3.8, 4) is 11.1 Å². The Morgan fingerprint density at radius 2 is 1.53 bits per heavy atom. The highest BCUT2D eigenvalue weighted by Gasteiger charge is 2.12. The van der Waals surface area contributed by atoms with Crippen LogP contribution in [0.1, 0.15) is 0 Å². The van der Waals surface area contributed by atoms with Gasteiger partial charge in [0.25, 0.3) is 0 Å². The van der Waals surface area contributed by atoms with Gasteiger partial charge in [0.2, 0.25) is 0 Å². The molecule has 0 saturated heterocycles. The molecule has 0 aromatic heterocycles. The second kappa shape index (κ2) is 4.25. The molecule has 0 radical (unpaired) electrons. The lowest BCUT2D eigenvalue weighted by atomic mass is 10.1. The van der Waals surface area contributed by atoms with Gasteiger partial charge in [-0.05, 0) is 35.4 Å². The van der Waals surface area contributed by atoms with Crippen molar-refractivity contribution in [2.45, 2.75) is 4.90 Å². The third kappa shape index (κ3) is 2.68. The highest BCUT2D eigenvalue weighted by Crippen LogP contribution is 2.23. The van der Waals surface area contributed by atoms with Crippen molar-refractivity contribution >= 4 is 10.2 Å². The fraction of sp³-hybridized carbons (Fsp3) is 0. The Bertz CT molecular complexity index is 634. The molecule has 0 atom stereocenters. The van der Waals surface area contributed by atoms with E-state index in [0.717, 1.165) is 0 Å². The molecule has 0 aliphatic rings. The molecule has 2 rings (SSSR count). The minimum atomic E-state index is -4.72. The predicted molar refractivity (Wildman–Crippen MR) is 60.1 cm³/mol. The molecule has 0 bridgehead atoms. The van der Waals surface area contributed by atoms with Crippen LogP contribution in [0, 0.1) is 5.82 Å². The summed E-state index contributed by atoms with van der Waals surface area (Å²) in [6, 6.07) is 11.0. The Kier molecular flexibility index (Phi) is 2.93. The Balaban J connectivity index is 2.50. The van der Waals surface area contributed by atoms with E-state index in [9.17, 15) is 16.7 Å². The van der Waals surface area contributed by atoms with Crippen molar-refractivity contribution in [2.75, 3.05) is 0 Å². The van der Waals surface area contributed by atoms with Crippen LogP contribution in [-0.4, -0.2) is 8.42 Å². The quantitative estimate of drug-likeness (QED) is 0.771. The van der Waals surface area contributed by atoms with Gasteiger partial charge in [-0.1, -0.05) is 24.3 Å². The van der Waals surface area contributed by atoms with E-state index in [1.807, 2.05) is 0 Å². The first-order valence-corrected chi connectivity index (χ1v) is 6.16. The lowest BCUT2D eigenvalue weighted by Gasteiger charge is -2.02. The molecule has 0 amide bonds. The average Bonchev–Trinajstić information content (AvgIpc) is 2.29. The van der Waals surface area contributed by atoms with Gasteiger partial charge in [-0.15, -0.1) is 3.89 Å². The Hall–Kier alpha value is -1.75. The molecular weight excluding hydrogens is 246 g/mol. The van der Waals surface area contributed by atoms with Crippen LogP contribution in [0.2, 0.25) is 0 Å². The van der Waals surface area contributed by atoms with Crippen LogP contribution in [-0.2, 0) is 10.2 Å². The first kappa shape index (κ1) is 11.7. The fourth-order valence-electron chi connectivity index (χ4n) is 1.47. The summed E-state index contributed by atoms with van der Waals surface area (Å²) in [5.74, 6) is -0.386. The Morgan fingerprint density at radius 3 is 2.12 bits per heavy atom. The minimum Gasteiger partial charge on any atom is -0.207 e. The standard InChI is InChI=1S/C12H8F2O2S/c13-11-6-4-9(5-7-11)10-2-1-3-12(8-10)17(14,15)16/h1-8H. The second-order valence-corrected chi connectivity index (χ2v) is 4.82. The van der Waals surface area contributed by atoms with Crippen molar-refractivity contribution in [3.05, 3.63) is 54.3 Å². The lowest BCUT2D eigenvalue weighted by molar-refractivity contribution is 0.552. The third-order valence-corrected chi connectivity index (χ3v) is 3.11. The predicted octanol–water partition coefficient (Wildman–Crippen LogP) is 3.15. The van der Waals surface area contributed by atoms with E-state index < -0.39 is 15.1 Å². The van der Waals surface area contributed by atoms with E-state index in [0.29, 0.717) is 11.1 Å². The summed E-state index contributed by atoms with van der Waals surface area (Å²) in [5.41, 5.74) is 1.14. The molecule has 2 aromatic carbocycles. The molecule has 5 heteroatoms. The molecule has 0 N–H and O–H groups in total. The van der Waals surface area contributed by atoms with Gasteiger partial charge >= 0.3 is 10.2 Å². The number of hydrogen-bond donors (Lipinski definition) is 0. The first-order valence-electron chi connectivity index (χ1n) is 4.77. The van der Waals surface area contributed by atoms with E-state index in [4.69, 9.17) is 0 Å². The van der Waals surface area contributed by atoms with Gasteiger partial charge in [-0.3, -0.25) is 0 Å². The summed E-state index contributed by atoms with van der Waals surface area (Å²) < 4.78 is 47.0. The third-order valence-electron chi connectivity index (χ3n) is 2.29. The van der Waals surface area contributed by atoms with Gasteiger partial charge in [0, 0.05) is 0 Å². The van der Waals surface area contributed by atoms with Gasteiger partial charge in [0.15, 0.2) is 0 Å². The van der Waals surface area contributed by atoms with E-state index in [-0.39, 0.29) is 5.82 Å². The van der Waals surface area contributed by atoms with E-state index in [1.54, 1.807) is 6.07 Å². The van der Waals surface area contributed by atoms with Crippen LogP contribution in [0.15, 0.2) is 53.4 Å². The van der Waals surface area contributed by atoms with E-state index in [2.05, 4.69) is 0 Å². The second-order valence-electron chi connectivity index (χ2n) is 3.47. The van der Waals surface area contributed by atoms with Crippen LogP contribution in [0.25, 0.3) is 11.1 Å². The zero-order chi connectivity index (χ0) is 12.5. The molecule has 17 heavy (non-hydrogen) atoms. The maximum atomic E-state index is 12.8. The lowest BCUT2D eigenvalue weighted by Crippen LogP contribution is -1.91. The maximum Gasteiger partial charge on any atom is 0.332 e. The zero-order valence-electron chi connectivity index (χ0n) is 8.60. The maximum absolute atomic E-state index is 12.8. The summed E-state index contributed by atoms with van der Waals surface area (Å²) in [7, 11) is -4.72. The van der Waals surface area contributed by atoms with E-state index in [1.165, 1.54) is 42.5 Å². The van der Waals surface area contributed by atoms with Crippen molar-refractivity contribution in [3.63, 3.8) is 0 Å². The van der Waals surface area contributed by atoms with Crippen LogP contribution >= 0.6 is 0 Å². The summed E-state index contributed by atoms with van der Waals surface area (Å²) >= 11 is 0. The van der Waals surface area contributed by atoms with Gasteiger partial charge in [0.1, 0.15) is 5.82 Å². The number of benzene rings is 2. The zero-order valence-corrected chi connectivity index (χ0v) is 9.42. The highest BCUT2D eigenvalue weighted by atomic mass is 32.3. The van der Waals surface area contributed by atoms with Crippen molar-refractivity contribution in [1.29, 1.82) is 0 Å². The molecule has 88 valence electrons. The van der Waals surface area contributed by atoms with E-state index >= 15 is 0 Å². The normalized spacial score (nSPS) is 11.4. The molecule has 0 fully saturated rings. The van der Waals surface area contributed by atoms with Gasteiger partial charge in [-0.2, -0.15) is 8.42 Å². The molecule has 0 saturated carbocycles. The monoisotopic (exact) mass is 254 g/mol. The summed E-state index contributed by atoms with van der Waals surface area (Å²) in [4.78, 5) is -0.403. The van der Waals surface area contributed by atoms with Crippen LogP contribution in [0.4, 0.5) is 8.28 Å². The summed E-state index contributed by atoms with van der Waals surface area (Å²) in [5, 5.41) is 0. The molecule has 0 aliphatic carbocycles. The van der Waals surface area contributed by atoms with Crippen molar-refractivity contribution < 1.29 is 16.7 Å². The summed E-state index contributed by atoms with van der Waals surface area (Å²) in [6.07, 6.45) is 0. The fourth-order valence-corrected chi connectivity index (χ4v) is 1.98. The summed E-state index contributed by atoms with van der Waals surface area (Å²) in [6.45, 7) is 0. The van der Waals surface area contributed by atoms with Gasteiger partial charge < -0.3 is 0 Å². The first-order chi connectivity index (χ1) is 7.97. The minimum absolute atomic E-state index is 0.386. The molecule has 0 aliphatic heterocycles. The highest BCUT2D eigenvalue weighted by molar-refractivity contribution is 7.86. The topological polar surface area (TPSA) is 34.1 Å². The largest absolute Gasteiger partial charge is 0.332 e. The molecule has 0 unspecified atom stereocenters. The van der Waals surface area contributed by atoms with Crippen LogP contribution in [0.5, 0.6) is 0 Å². The average molecular weight is 254 g/mol. The van der Waals surface area contributed by atoms with Crippen LogP contribution < -0.4 is 0 Å². The van der Waals surface area contributed by atoms with Crippen LogP contribution in [0.3, 0.4) is 0 Å². The van der Waals surface area contributed by atoms with Gasteiger partial charge in [-0.25, -0.2) is 4.39 Å². The van der Waals surface area contributed by atoms with Crippen molar-refractivity contribution in [2.24, 2.45) is 0 Å². The SMILES string of the molecule is O=S(=O)(F)c1cccc(-c2ccc(F)cc2)c1. The number of hydrogen-bond acceptors (Lipinski definition) is 2. The number of halogens is 2. The molecule has 0 heterocycles. The molecular formula is C12H8F2O2S. The van der Waals surface area contributed by atoms with Gasteiger partial charge in [0.05, 0.1) is 4.90 Å². The smallest absolute Gasteiger partial charge is 0.207 e. The molecule has 2 aromatic rings. The van der Waals surface area contributed by atoms with Crippen molar-refractivity contribution in [1.82, 2.24) is 0 Å². The Morgan fingerprint density at radius 1 is 0.882 bits per heavy atom. The molecule has 2 nitrogen and oxygen atoms in total. The Labute approximate surface area is 97.7 Å². The molecule has 0 spiro atoms.